The van der Waals surface area contributed by atoms with E-state index in [0.29, 0.717) is 21.7 Å². The van der Waals surface area contributed by atoms with Crippen molar-refractivity contribution in [2.24, 2.45) is 0 Å². The van der Waals surface area contributed by atoms with Crippen LogP contribution in [-0.4, -0.2) is 14.9 Å². The number of aromatic nitrogens is 2. The number of hydrogen-bond acceptors (Lipinski definition) is 2. The maximum Gasteiger partial charge on any atom is 0.171 e. The van der Waals surface area contributed by atoms with E-state index in [1.54, 1.807) is 18.2 Å². The van der Waals surface area contributed by atoms with Gasteiger partial charge in [0.25, 0.3) is 0 Å². The van der Waals surface area contributed by atoms with Gasteiger partial charge < -0.3 is 10.6 Å². The summed E-state index contributed by atoms with van der Waals surface area (Å²) in [6, 6.07) is 5.21. The van der Waals surface area contributed by atoms with Gasteiger partial charge in [0.2, 0.25) is 0 Å². The second kappa shape index (κ2) is 6.92. The van der Waals surface area contributed by atoms with Crippen molar-refractivity contribution >= 4 is 46.2 Å². The van der Waals surface area contributed by atoms with E-state index in [2.05, 4.69) is 15.7 Å². The summed E-state index contributed by atoms with van der Waals surface area (Å²) >= 11 is 17.1. The first-order chi connectivity index (χ1) is 9.58. The summed E-state index contributed by atoms with van der Waals surface area (Å²) in [6.07, 6.45) is 3.79. The minimum absolute atomic E-state index is 0.499. The second-order valence-electron chi connectivity index (χ2n) is 4.14. The Labute approximate surface area is 133 Å². The summed E-state index contributed by atoms with van der Waals surface area (Å²) < 4.78 is 1.86. The van der Waals surface area contributed by atoms with Gasteiger partial charge in [-0.05, 0) is 37.3 Å². The molecule has 0 aliphatic heterocycles. The molecule has 1 heterocycles. The van der Waals surface area contributed by atoms with Gasteiger partial charge >= 0.3 is 0 Å². The van der Waals surface area contributed by atoms with Crippen LogP contribution in [0.5, 0.6) is 0 Å². The number of nitrogens with zero attached hydrogens (tertiary/aromatic N) is 2. The van der Waals surface area contributed by atoms with Crippen molar-refractivity contribution in [3.8, 4) is 0 Å². The molecule has 0 saturated carbocycles. The van der Waals surface area contributed by atoms with Crippen molar-refractivity contribution in [3.63, 3.8) is 0 Å². The van der Waals surface area contributed by atoms with Crippen LogP contribution in [0.4, 0.5) is 5.69 Å². The third kappa shape index (κ3) is 4.10. The monoisotopic (exact) mass is 328 g/mol. The smallest absolute Gasteiger partial charge is 0.171 e. The van der Waals surface area contributed by atoms with Crippen LogP contribution in [0.25, 0.3) is 0 Å². The van der Waals surface area contributed by atoms with E-state index >= 15 is 0 Å². The van der Waals surface area contributed by atoms with E-state index < -0.39 is 0 Å². The average molecular weight is 329 g/mol. The summed E-state index contributed by atoms with van der Waals surface area (Å²) in [6.45, 7) is 3.50. The number of halogens is 2. The van der Waals surface area contributed by atoms with E-state index in [1.807, 2.05) is 24.0 Å². The van der Waals surface area contributed by atoms with Crippen molar-refractivity contribution in [3.05, 3.63) is 46.2 Å². The Hall–Kier alpha value is -1.30. The topological polar surface area (TPSA) is 41.9 Å². The summed E-state index contributed by atoms with van der Waals surface area (Å²) in [4.78, 5) is 0. The zero-order valence-corrected chi connectivity index (χ0v) is 13.2. The molecule has 7 heteroatoms. The van der Waals surface area contributed by atoms with E-state index in [-0.39, 0.29) is 0 Å². The van der Waals surface area contributed by atoms with Crippen LogP contribution in [0.2, 0.25) is 10.0 Å². The van der Waals surface area contributed by atoms with Crippen LogP contribution in [0.15, 0.2) is 30.6 Å². The lowest BCUT2D eigenvalue weighted by molar-refractivity contribution is 0.659. The predicted octanol–water partition coefficient (Wildman–Crippen LogP) is 3.70. The minimum Gasteiger partial charge on any atom is -0.358 e. The maximum atomic E-state index is 6.07. The molecule has 0 fully saturated rings. The van der Waals surface area contributed by atoms with Gasteiger partial charge in [-0.3, -0.25) is 4.68 Å². The largest absolute Gasteiger partial charge is 0.358 e. The van der Waals surface area contributed by atoms with E-state index in [1.165, 1.54) is 0 Å². The quantitative estimate of drug-likeness (QED) is 0.840. The summed E-state index contributed by atoms with van der Waals surface area (Å²) in [7, 11) is 0. The molecule has 2 aromatic rings. The summed E-state index contributed by atoms with van der Waals surface area (Å²) in [5.74, 6) is 0. The van der Waals surface area contributed by atoms with Crippen molar-refractivity contribution in [1.82, 2.24) is 15.1 Å². The zero-order valence-electron chi connectivity index (χ0n) is 10.9. The van der Waals surface area contributed by atoms with Crippen LogP contribution in [-0.2, 0) is 13.1 Å². The van der Waals surface area contributed by atoms with Crippen LogP contribution in [0.3, 0.4) is 0 Å². The third-order valence-corrected chi connectivity index (χ3v) is 3.44. The molecule has 2 rings (SSSR count). The van der Waals surface area contributed by atoms with E-state index in [4.69, 9.17) is 35.4 Å². The molecule has 0 radical (unpaired) electrons. The molecule has 2 N–H and O–H groups in total. The Kier molecular flexibility index (Phi) is 5.23. The minimum atomic E-state index is 0.499. The zero-order chi connectivity index (χ0) is 14.5. The van der Waals surface area contributed by atoms with Crippen LogP contribution in [0.1, 0.15) is 12.5 Å². The fourth-order valence-corrected chi connectivity index (χ4v) is 2.25. The number of nitrogens with one attached hydrogen (secondary N) is 2. The average Bonchev–Trinajstić information content (AvgIpc) is 2.88. The van der Waals surface area contributed by atoms with Crippen LogP contribution in [0, 0.1) is 0 Å². The Morgan fingerprint density at radius 3 is 2.85 bits per heavy atom. The number of aryl methyl sites for hydroxylation is 1. The fraction of sp³-hybridized carbons (Fsp3) is 0.231. The van der Waals surface area contributed by atoms with Gasteiger partial charge in [0.1, 0.15) is 0 Å². The molecular weight excluding hydrogens is 315 g/mol. The standard InChI is InChI=1S/C13H14Cl2N4S/c1-2-19-8-9(7-17-19)6-16-13(20)18-12-4-3-10(14)5-11(12)15/h3-5,7-8H,2,6H2,1H3,(H2,16,18,20). The Balaban J connectivity index is 1.89. The molecule has 0 bridgehead atoms. The Morgan fingerprint density at radius 1 is 1.40 bits per heavy atom. The number of thiocarbonyl (C=S) groups is 1. The normalized spacial score (nSPS) is 10.3. The van der Waals surface area contributed by atoms with Gasteiger partial charge in [0.05, 0.1) is 16.9 Å². The van der Waals surface area contributed by atoms with Crippen molar-refractivity contribution in [2.45, 2.75) is 20.0 Å². The molecule has 0 saturated heterocycles. The highest BCUT2D eigenvalue weighted by Gasteiger charge is 2.04. The first kappa shape index (κ1) is 15.1. The third-order valence-electron chi connectivity index (χ3n) is 2.64. The number of benzene rings is 1. The lowest BCUT2D eigenvalue weighted by Gasteiger charge is -2.11. The molecule has 0 aliphatic carbocycles. The molecule has 1 aromatic heterocycles. The molecular formula is C13H14Cl2N4S. The highest BCUT2D eigenvalue weighted by molar-refractivity contribution is 7.80. The van der Waals surface area contributed by atoms with Crippen LogP contribution < -0.4 is 10.6 Å². The van der Waals surface area contributed by atoms with Crippen molar-refractivity contribution in [2.75, 3.05) is 5.32 Å². The SMILES string of the molecule is CCn1cc(CNC(=S)Nc2ccc(Cl)cc2Cl)cn1. The lowest BCUT2D eigenvalue weighted by Crippen LogP contribution is -2.27. The van der Waals surface area contributed by atoms with Gasteiger partial charge in [0, 0.05) is 29.9 Å². The molecule has 106 valence electrons. The molecule has 4 nitrogen and oxygen atoms in total. The maximum absolute atomic E-state index is 6.07. The Bertz CT molecular complexity index is 612. The molecule has 0 unspecified atom stereocenters. The van der Waals surface area contributed by atoms with Gasteiger partial charge in [0.15, 0.2) is 5.11 Å². The molecule has 1 aromatic carbocycles. The molecule has 0 aliphatic rings. The number of anilines is 1. The highest BCUT2D eigenvalue weighted by Crippen LogP contribution is 2.25. The lowest BCUT2D eigenvalue weighted by atomic mass is 10.3. The van der Waals surface area contributed by atoms with Crippen LogP contribution >= 0.6 is 35.4 Å². The molecule has 0 atom stereocenters. The van der Waals surface area contributed by atoms with E-state index in [9.17, 15) is 0 Å². The van der Waals surface area contributed by atoms with Gasteiger partial charge in [-0.25, -0.2) is 0 Å². The number of rotatable bonds is 4. The number of hydrogen-bond donors (Lipinski definition) is 2. The van der Waals surface area contributed by atoms with Gasteiger partial charge in [-0.2, -0.15) is 5.10 Å². The fourth-order valence-electron chi connectivity index (χ4n) is 1.61. The highest BCUT2D eigenvalue weighted by atomic mass is 35.5. The Morgan fingerprint density at radius 2 is 2.20 bits per heavy atom. The van der Waals surface area contributed by atoms with Gasteiger partial charge in [-0.15, -0.1) is 0 Å². The predicted molar refractivity (Wildman–Crippen MR) is 87.4 cm³/mol. The summed E-state index contributed by atoms with van der Waals surface area (Å²) in [5.41, 5.74) is 1.79. The molecule has 0 spiro atoms. The molecule has 20 heavy (non-hydrogen) atoms. The molecule has 0 amide bonds. The summed E-state index contributed by atoms with van der Waals surface area (Å²) in [5, 5.41) is 11.9. The van der Waals surface area contributed by atoms with E-state index in [0.717, 1.165) is 17.8 Å². The first-order valence-corrected chi connectivity index (χ1v) is 7.26. The first-order valence-electron chi connectivity index (χ1n) is 6.09. The second-order valence-corrected chi connectivity index (χ2v) is 5.39. The van der Waals surface area contributed by atoms with Crippen molar-refractivity contribution < 1.29 is 0 Å². The van der Waals surface area contributed by atoms with Crippen molar-refractivity contribution in [1.29, 1.82) is 0 Å². The van der Waals surface area contributed by atoms with Gasteiger partial charge in [-0.1, -0.05) is 23.2 Å².